The number of hydrogen-bond donors (Lipinski definition) is 1. The summed E-state index contributed by atoms with van der Waals surface area (Å²) in [5.74, 6) is -0.200. The van der Waals surface area contributed by atoms with Crippen molar-refractivity contribution >= 4 is 16.8 Å². The Bertz CT molecular complexity index is 1070. The number of rotatable bonds is 5. The Kier molecular flexibility index (Phi) is 5.67. The molecule has 0 unspecified atom stereocenters. The average molecular weight is 391 g/mol. The van der Waals surface area contributed by atoms with Crippen molar-refractivity contribution in [1.82, 2.24) is 25.2 Å². The van der Waals surface area contributed by atoms with Gasteiger partial charge in [0.2, 0.25) is 5.91 Å². The second-order valence-electron chi connectivity index (χ2n) is 7.68. The van der Waals surface area contributed by atoms with Crippen LogP contribution >= 0.6 is 0 Å². The number of carbonyl (C=O) groups excluding carboxylic acids is 1. The lowest BCUT2D eigenvalue weighted by Gasteiger charge is -2.32. The lowest BCUT2D eigenvalue weighted by molar-refractivity contribution is -0.123. The highest BCUT2D eigenvalue weighted by Gasteiger charge is 2.21. The highest BCUT2D eigenvalue weighted by Crippen LogP contribution is 2.15. The zero-order valence-electron chi connectivity index (χ0n) is 16.5. The molecule has 7 nitrogen and oxygen atoms in total. The van der Waals surface area contributed by atoms with Crippen LogP contribution in [0.1, 0.15) is 24.0 Å². The first-order valence-corrected chi connectivity index (χ1v) is 9.98. The molecule has 1 aliphatic rings. The molecule has 1 aromatic heterocycles. The predicted octanol–water partition coefficient (Wildman–Crippen LogP) is 1.88. The van der Waals surface area contributed by atoms with E-state index >= 15 is 0 Å². The average Bonchev–Trinajstić information content (AvgIpc) is 2.72. The summed E-state index contributed by atoms with van der Waals surface area (Å²) < 4.78 is 1.13. The van der Waals surface area contributed by atoms with Crippen LogP contribution in [0.25, 0.3) is 10.9 Å². The van der Waals surface area contributed by atoms with Gasteiger partial charge in [-0.3, -0.25) is 14.5 Å². The molecule has 0 bridgehead atoms. The van der Waals surface area contributed by atoms with E-state index in [1.54, 1.807) is 24.3 Å². The second kappa shape index (κ2) is 8.53. The molecule has 0 spiro atoms. The summed E-state index contributed by atoms with van der Waals surface area (Å²) in [4.78, 5) is 27.3. The van der Waals surface area contributed by atoms with Crippen molar-refractivity contribution in [3.63, 3.8) is 0 Å². The molecule has 1 saturated heterocycles. The number of carbonyl (C=O) groups is 1. The highest BCUT2D eigenvalue weighted by atomic mass is 16.2. The van der Waals surface area contributed by atoms with Crippen molar-refractivity contribution in [2.75, 3.05) is 13.1 Å². The molecule has 1 fully saturated rings. The molecule has 7 heteroatoms. The van der Waals surface area contributed by atoms with Gasteiger partial charge in [-0.25, -0.2) is 4.68 Å². The minimum Gasteiger partial charge on any atom is -0.352 e. The molecule has 0 radical (unpaired) electrons. The van der Waals surface area contributed by atoms with E-state index < -0.39 is 0 Å². The number of amides is 1. The first-order chi connectivity index (χ1) is 14.1. The summed E-state index contributed by atoms with van der Waals surface area (Å²) in [6, 6.07) is 15.7. The van der Waals surface area contributed by atoms with Gasteiger partial charge in [-0.1, -0.05) is 47.2 Å². The zero-order valence-corrected chi connectivity index (χ0v) is 16.5. The van der Waals surface area contributed by atoms with Gasteiger partial charge in [0.25, 0.3) is 5.56 Å². The number of benzene rings is 2. The first-order valence-electron chi connectivity index (χ1n) is 9.98. The van der Waals surface area contributed by atoms with Crippen molar-refractivity contribution in [2.45, 2.75) is 38.9 Å². The summed E-state index contributed by atoms with van der Waals surface area (Å²) in [7, 11) is 0. The Morgan fingerprint density at radius 2 is 1.93 bits per heavy atom. The second-order valence-corrected chi connectivity index (χ2v) is 7.68. The Balaban J connectivity index is 1.30. The van der Waals surface area contributed by atoms with E-state index in [0.29, 0.717) is 10.9 Å². The summed E-state index contributed by atoms with van der Waals surface area (Å²) in [6.45, 7) is 4.81. The van der Waals surface area contributed by atoms with Gasteiger partial charge >= 0.3 is 0 Å². The van der Waals surface area contributed by atoms with Crippen molar-refractivity contribution in [2.24, 2.45) is 0 Å². The van der Waals surface area contributed by atoms with Crippen molar-refractivity contribution < 1.29 is 4.79 Å². The standard InChI is InChI=1S/C22H25N5O2/c1-16-5-4-6-17(13-16)14-26-11-9-18(10-12-26)23-21(28)15-27-22(29)19-7-2-3-8-20(19)24-25-27/h2-8,13,18H,9-12,14-15H2,1H3,(H,23,28). The topological polar surface area (TPSA) is 80.1 Å². The first kappa shape index (κ1) is 19.3. The predicted molar refractivity (Wildman–Crippen MR) is 111 cm³/mol. The molecule has 29 heavy (non-hydrogen) atoms. The van der Waals surface area contributed by atoms with Gasteiger partial charge in [0, 0.05) is 25.7 Å². The van der Waals surface area contributed by atoms with E-state index in [1.807, 2.05) is 0 Å². The molecule has 2 aromatic carbocycles. The van der Waals surface area contributed by atoms with Gasteiger partial charge in [-0.2, -0.15) is 0 Å². The molecule has 3 aromatic rings. The van der Waals surface area contributed by atoms with Gasteiger partial charge in [-0.05, 0) is 37.5 Å². The number of nitrogens with one attached hydrogen (secondary N) is 1. The van der Waals surface area contributed by atoms with E-state index in [0.717, 1.165) is 37.2 Å². The van der Waals surface area contributed by atoms with Gasteiger partial charge in [0.1, 0.15) is 12.1 Å². The molecule has 1 aliphatic heterocycles. The molecule has 150 valence electrons. The van der Waals surface area contributed by atoms with Crippen LogP contribution in [0.4, 0.5) is 0 Å². The molecule has 4 rings (SSSR count). The van der Waals surface area contributed by atoms with Gasteiger partial charge < -0.3 is 5.32 Å². The van der Waals surface area contributed by atoms with Crippen LogP contribution in [0.2, 0.25) is 0 Å². The Labute approximate surface area is 169 Å². The van der Waals surface area contributed by atoms with E-state index in [1.165, 1.54) is 11.1 Å². The molecular formula is C22H25N5O2. The number of aryl methyl sites for hydroxylation is 1. The van der Waals surface area contributed by atoms with Gasteiger partial charge in [0.15, 0.2) is 0 Å². The lowest BCUT2D eigenvalue weighted by Crippen LogP contribution is -2.46. The van der Waals surface area contributed by atoms with Crippen LogP contribution in [0, 0.1) is 6.92 Å². The summed E-state index contributed by atoms with van der Waals surface area (Å²) in [5.41, 5.74) is 2.84. The summed E-state index contributed by atoms with van der Waals surface area (Å²) in [6.07, 6.45) is 1.80. The molecule has 1 amide bonds. The third-order valence-electron chi connectivity index (χ3n) is 5.36. The Morgan fingerprint density at radius 1 is 1.14 bits per heavy atom. The molecule has 1 N–H and O–H groups in total. The minimum atomic E-state index is -0.293. The van der Waals surface area contributed by atoms with E-state index in [4.69, 9.17) is 0 Å². The van der Waals surface area contributed by atoms with Gasteiger partial charge in [-0.15, -0.1) is 5.10 Å². The van der Waals surface area contributed by atoms with Crippen molar-refractivity contribution in [1.29, 1.82) is 0 Å². The number of piperidine rings is 1. The summed E-state index contributed by atoms with van der Waals surface area (Å²) in [5, 5.41) is 11.4. The maximum absolute atomic E-state index is 12.5. The van der Waals surface area contributed by atoms with Crippen LogP contribution in [0.15, 0.2) is 53.3 Å². The van der Waals surface area contributed by atoms with E-state index in [-0.39, 0.29) is 24.1 Å². The number of nitrogens with zero attached hydrogens (tertiary/aromatic N) is 4. The maximum Gasteiger partial charge on any atom is 0.278 e. The largest absolute Gasteiger partial charge is 0.352 e. The summed E-state index contributed by atoms with van der Waals surface area (Å²) >= 11 is 0. The van der Waals surface area contributed by atoms with Crippen molar-refractivity contribution in [3.05, 3.63) is 70.0 Å². The minimum absolute atomic E-state index is 0.111. The SMILES string of the molecule is Cc1cccc(CN2CCC(NC(=O)Cn3nnc4ccccc4c3=O)CC2)c1. The highest BCUT2D eigenvalue weighted by molar-refractivity contribution is 5.78. The number of fused-ring (bicyclic) bond motifs is 1. The van der Waals surface area contributed by atoms with Crippen LogP contribution in [0.5, 0.6) is 0 Å². The fourth-order valence-corrected chi connectivity index (χ4v) is 3.84. The zero-order chi connectivity index (χ0) is 20.2. The maximum atomic E-state index is 12.5. The molecule has 0 atom stereocenters. The third kappa shape index (κ3) is 4.68. The monoisotopic (exact) mass is 391 g/mol. The number of aromatic nitrogens is 3. The normalized spacial score (nSPS) is 15.5. The number of hydrogen-bond acceptors (Lipinski definition) is 5. The fourth-order valence-electron chi connectivity index (χ4n) is 3.84. The molecule has 2 heterocycles. The van der Waals surface area contributed by atoms with Crippen LogP contribution in [0.3, 0.4) is 0 Å². The van der Waals surface area contributed by atoms with E-state index in [9.17, 15) is 9.59 Å². The smallest absolute Gasteiger partial charge is 0.278 e. The Morgan fingerprint density at radius 3 is 2.72 bits per heavy atom. The lowest BCUT2D eigenvalue weighted by atomic mass is 10.0. The third-order valence-corrected chi connectivity index (χ3v) is 5.36. The van der Waals surface area contributed by atoms with Crippen LogP contribution < -0.4 is 10.9 Å². The van der Waals surface area contributed by atoms with Gasteiger partial charge in [0.05, 0.1) is 5.39 Å². The Hall–Kier alpha value is -3.06. The molecular weight excluding hydrogens is 366 g/mol. The van der Waals surface area contributed by atoms with Crippen LogP contribution in [-0.2, 0) is 17.9 Å². The molecule has 0 saturated carbocycles. The number of likely N-dealkylation sites (tertiary alicyclic amines) is 1. The van der Waals surface area contributed by atoms with Crippen LogP contribution in [-0.4, -0.2) is 44.9 Å². The van der Waals surface area contributed by atoms with E-state index in [2.05, 4.69) is 51.7 Å². The van der Waals surface area contributed by atoms with Crippen molar-refractivity contribution in [3.8, 4) is 0 Å². The quantitative estimate of drug-likeness (QED) is 0.718. The fraction of sp³-hybridized carbons (Fsp3) is 0.364. The molecule has 0 aliphatic carbocycles.